The summed E-state index contributed by atoms with van der Waals surface area (Å²) in [6, 6.07) is 18.9. The summed E-state index contributed by atoms with van der Waals surface area (Å²) < 4.78 is 18.1. The summed E-state index contributed by atoms with van der Waals surface area (Å²) in [4.78, 5) is 24.3. The lowest BCUT2D eigenvalue weighted by molar-refractivity contribution is -0.152. The second kappa shape index (κ2) is 7.78. The van der Waals surface area contributed by atoms with E-state index in [0.29, 0.717) is 11.3 Å². The number of carbonyl (C=O) groups is 2. The van der Waals surface area contributed by atoms with Crippen molar-refractivity contribution in [2.75, 3.05) is 5.32 Å². The highest BCUT2D eigenvalue weighted by molar-refractivity contribution is 6.03. The molecule has 0 unspecified atom stereocenters. The zero-order valence-electron chi connectivity index (χ0n) is 14.2. The molecule has 1 amide bonds. The van der Waals surface area contributed by atoms with Gasteiger partial charge >= 0.3 is 5.97 Å². The topological polar surface area (TPSA) is 55.4 Å². The van der Waals surface area contributed by atoms with E-state index in [0.717, 1.165) is 10.8 Å². The molecule has 3 aromatic rings. The van der Waals surface area contributed by atoms with Crippen LogP contribution < -0.4 is 5.32 Å². The Kier molecular flexibility index (Phi) is 5.27. The Bertz CT molecular complexity index is 932. The first-order chi connectivity index (χ1) is 12.5. The van der Waals surface area contributed by atoms with Gasteiger partial charge in [0.1, 0.15) is 5.82 Å². The van der Waals surface area contributed by atoms with Gasteiger partial charge in [-0.25, -0.2) is 4.39 Å². The first-order valence-corrected chi connectivity index (χ1v) is 8.25. The van der Waals surface area contributed by atoms with E-state index >= 15 is 0 Å². The van der Waals surface area contributed by atoms with Crippen molar-refractivity contribution in [3.8, 4) is 0 Å². The predicted molar refractivity (Wildman–Crippen MR) is 98.2 cm³/mol. The second-order valence-electron chi connectivity index (χ2n) is 5.95. The Morgan fingerprint density at radius 1 is 1.00 bits per heavy atom. The Morgan fingerprint density at radius 2 is 1.69 bits per heavy atom. The molecule has 0 bridgehead atoms. The molecule has 0 aromatic heterocycles. The van der Waals surface area contributed by atoms with Crippen molar-refractivity contribution < 1.29 is 18.7 Å². The Labute approximate surface area is 150 Å². The van der Waals surface area contributed by atoms with Crippen LogP contribution in [-0.4, -0.2) is 18.0 Å². The number of rotatable bonds is 5. The number of benzene rings is 3. The van der Waals surface area contributed by atoms with Gasteiger partial charge in [0, 0.05) is 11.1 Å². The molecule has 0 saturated carbocycles. The highest BCUT2D eigenvalue weighted by Gasteiger charge is 2.18. The van der Waals surface area contributed by atoms with Crippen LogP contribution in [0.4, 0.5) is 10.1 Å². The fraction of sp³-hybridized carbons (Fsp3) is 0.143. The molecule has 4 nitrogen and oxygen atoms in total. The quantitative estimate of drug-likeness (QED) is 0.705. The van der Waals surface area contributed by atoms with E-state index < -0.39 is 18.0 Å². The minimum Gasteiger partial charge on any atom is -0.452 e. The largest absolute Gasteiger partial charge is 0.452 e. The number of nitrogens with one attached hydrogen (secondary N) is 1. The summed E-state index contributed by atoms with van der Waals surface area (Å²) >= 11 is 0. The van der Waals surface area contributed by atoms with Gasteiger partial charge < -0.3 is 10.1 Å². The van der Waals surface area contributed by atoms with Gasteiger partial charge in [-0.05, 0) is 36.1 Å². The maximum atomic E-state index is 12.9. The van der Waals surface area contributed by atoms with E-state index in [1.807, 2.05) is 36.4 Å². The first kappa shape index (κ1) is 17.6. The predicted octanol–water partition coefficient (Wildman–Crippen LogP) is 4.09. The van der Waals surface area contributed by atoms with Crippen molar-refractivity contribution in [3.05, 3.63) is 78.1 Å². The monoisotopic (exact) mass is 351 g/mol. The lowest BCUT2D eigenvalue weighted by Crippen LogP contribution is -2.30. The number of fused-ring (bicyclic) bond motifs is 1. The van der Waals surface area contributed by atoms with Crippen LogP contribution >= 0.6 is 0 Å². The third-order valence-corrected chi connectivity index (χ3v) is 3.99. The molecule has 0 radical (unpaired) electrons. The number of anilines is 1. The Balaban J connectivity index is 1.62. The molecule has 0 spiro atoms. The summed E-state index contributed by atoms with van der Waals surface area (Å²) in [5.41, 5.74) is 1.28. The maximum Gasteiger partial charge on any atom is 0.311 e. The smallest absolute Gasteiger partial charge is 0.311 e. The molecule has 26 heavy (non-hydrogen) atoms. The maximum absolute atomic E-state index is 12.9. The lowest BCUT2D eigenvalue weighted by Gasteiger charge is -2.15. The average Bonchev–Trinajstić information content (AvgIpc) is 2.64. The van der Waals surface area contributed by atoms with E-state index in [4.69, 9.17) is 4.74 Å². The van der Waals surface area contributed by atoms with Gasteiger partial charge in [0.2, 0.25) is 0 Å². The number of esters is 1. The number of amides is 1. The third-order valence-electron chi connectivity index (χ3n) is 3.99. The zero-order valence-corrected chi connectivity index (χ0v) is 14.2. The molecular formula is C21H18FNO3. The van der Waals surface area contributed by atoms with Gasteiger partial charge in [0.05, 0.1) is 6.42 Å². The molecule has 1 N–H and O–H groups in total. The first-order valence-electron chi connectivity index (χ1n) is 8.25. The molecule has 0 aliphatic rings. The SMILES string of the molecule is C[C@H](OC(=O)Cc1ccc(F)cc1)C(=O)Nc1cccc2ccccc12. The standard InChI is InChI=1S/C21H18FNO3/c1-14(26-20(24)13-15-9-11-17(22)12-10-15)21(25)23-19-8-4-6-16-5-2-3-7-18(16)19/h2-12,14H,13H2,1H3,(H,23,25)/t14-/m0/s1. The molecule has 0 fully saturated rings. The van der Waals surface area contributed by atoms with Gasteiger partial charge in [-0.2, -0.15) is 0 Å². The van der Waals surface area contributed by atoms with E-state index in [9.17, 15) is 14.0 Å². The number of halogens is 1. The lowest BCUT2D eigenvalue weighted by atomic mass is 10.1. The minimum absolute atomic E-state index is 0.0217. The normalized spacial score (nSPS) is 11.8. The van der Waals surface area contributed by atoms with E-state index in [2.05, 4.69) is 5.32 Å². The highest BCUT2D eigenvalue weighted by Crippen LogP contribution is 2.23. The number of carbonyl (C=O) groups excluding carboxylic acids is 2. The molecular weight excluding hydrogens is 333 g/mol. The molecule has 0 saturated heterocycles. The van der Waals surface area contributed by atoms with Crippen LogP contribution in [0.25, 0.3) is 10.8 Å². The van der Waals surface area contributed by atoms with Crippen LogP contribution in [0.3, 0.4) is 0 Å². The van der Waals surface area contributed by atoms with Crippen LogP contribution in [0.2, 0.25) is 0 Å². The molecule has 3 aromatic carbocycles. The van der Waals surface area contributed by atoms with E-state index in [-0.39, 0.29) is 12.2 Å². The number of hydrogen-bond acceptors (Lipinski definition) is 3. The second-order valence-corrected chi connectivity index (χ2v) is 5.95. The van der Waals surface area contributed by atoms with Crippen molar-refractivity contribution in [1.82, 2.24) is 0 Å². The van der Waals surface area contributed by atoms with Crippen LogP contribution in [-0.2, 0) is 20.7 Å². The van der Waals surface area contributed by atoms with Gasteiger partial charge in [0.25, 0.3) is 5.91 Å². The summed E-state index contributed by atoms with van der Waals surface area (Å²) in [6.07, 6.45) is -0.964. The fourth-order valence-corrected chi connectivity index (χ4v) is 2.63. The van der Waals surface area contributed by atoms with Gasteiger partial charge in [0.15, 0.2) is 6.10 Å². The molecule has 1 atom stereocenters. The van der Waals surface area contributed by atoms with Gasteiger partial charge in [-0.1, -0.05) is 48.5 Å². The van der Waals surface area contributed by atoms with E-state index in [1.54, 1.807) is 6.07 Å². The van der Waals surface area contributed by atoms with Crippen molar-refractivity contribution >= 4 is 28.3 Å². The molecule has 3 rings (SSSR count). The highest BCUT2D eigenvalue weighted by atomic mass is 19.1. The summed E-state index contributed by atoms with van der Waals surface area (Å²) in [7, 11) is 0. The summed E-state index contributed by atoms with van der Waals surface area (Å²) in [5.74, 6) is -1.32. The molecule has 0 heterocycles. The summed E-state index contributed by atoms with van der Waals surface area (Å²) in [6.45, 7) is 1.52. The van der Waals surface area contributed by atoms with E-state index in [1.165, 1.54) is 31.2 Å². The third kappa shape index (κ3) is 4.25. The molecule has 5 heteroatoms. The fourth-order valence-electron chi connectivity index (χ4n) is 2.63. The summed E-state index contributed by atoms with van der Waals surface area (Å²) in [5, 5.41) is 4.71. The van der Waals surface area contributed by atoms with Crippen molar-refractivity contribution in [3.63, 3.8) is 0 Å². The van der Waals surface area contributed by atoms with Crippen LogP contribution in [0.1, 0.15) is 12.5 Å². The molecule has 0 aliphatic carbocycles. The molecule has 132 valence electrons. The average molecular weight is 351 g/mol. The van der Waals surface area contributed by atoms with Crippen molar-refractivity contribution in [2.45, 2.75) is 19.4 Å². The van der Waals surface area contributed by atoms with Crippen LogP contribution in [0.5, 0.6) is 0 Å². The zero-order chi connectivity index (χ0) is 18.5. The van der Waals surface area contributed by atoms with Crippen molar-refractivity contribution in [1.29, 1.82) is 0 Å². The van der Waals surface area contributed by atoms with Crippen molar-refractivity contribution in [2.24, 2.45) is 0 Å². The van der Waals surface area contributed by atoms with Gasteiger partial charge in [-0.3, -0.25) is 9.59 Å². The minimum atomic E-state index is -0.943. The number of ether oxygens (including phenoxy) is 1. The molecule has 0 aliphatic heterocycles. The number of hydrogen-bond donors (Lipinski definition) is 1. The van der Waals surface area contributed by atoms with Crippen LogP contribution in [0, 0.1) is 5.82 Å². The van der Waals surface area contributed by atoms with Crippen LogP contribution in [0.15, 0.2) is 66.7 Å². The Hall–Kier alpha value is -3.21. The van der Waals surface area contributed by atoms with Gasteiger partial charge in [-0.15, -0.1) is 0 Å². The Morgan fingerprint density at radius 3 is 2.46 bits per heavy atom.